The fourth-order valence-electron chi connectivity index (χ4n) is 2.99. The van der Waals surface area contributed by atoms with E-state index < -0.39 is 36.7 Å². The van der Waals surface area contributed by atoms with Gasteiger partial charge in [0, 0.05) is 11.8 Å². The molecular formula is C14H14ClN5O5. The van der Waals surface area contributed by atoms with Crippen LogP contribution >= 0.6 is 11.6 Å². The zero-order valence-electron chi connectivity index (χ0n) is 12.7. The second-order valence-electron chi connectivity index (χ2n) is 5.71. The minimum absolute atomic E-state index is 0.0989. The first-order valence-electron chi connectivity index (χ1n) is 7.47. The van der Waals surface area contributed by atoms with Gasteiger partial charge in [0.2, 0.25) is 0 Å². The van der Waals surface area contributed by atoms with Gasteiger partial charge in [-0.3, -0.25) is 13.8 Å². The molecule has 3 N–H and O–H groups in total. The molecule has 25 heavy (non-hydrogen) atoms. The van der Waals surface area contributed by atoms with Gasteiger partial charge in [-0.1, -0.05) is 0 Å². The van der Waals surface area contributed by atoms with E-state index in [1.807, 2.05) is 0 Å². The van der Waals surface area contributed by atoms with Gasteiger partial charge in [0.05, 0.1) is 18.8 Å². The number of halogens is 1. The highest BCUT2D eigenvalue weighted by Gasteiger charge is 2.44. The Bertz CT molecular complexity index is 1000. The average Bonchev–Trinajstić information content (AvgIpc) is 3.16. The van der Waals surface area contributed by atoms with Crippen LogP contribution in [-0.4, -0.2) is 64.2 Å². The van der Waals surface area contributed by atoms with Gasteiger partial charge in [0.25, 0.3) is 5.56 Å². The maximum Gasteiger partial charge on any atom is 0.273 e. The van der Waals surface area contributed by atoms with Crippen molar-refractivity contribution < 1.29 is 20.1 Å². The van der Waals surface area contributed by atoms with E-state index in [1.54, 1.807) is 4.40 Å². The lowest BCUT2D eigenvalue weighted by atomic mass is 10.1. The fraction of sp³-hybridized carbons (Fsp3) is 0.429. The molecule has 4 rings (SSSR count). The van der Waals surface area contributed by atoms with E-state index >= 15 is 0 Å². The molecule has 0 saturated carbocycles. The van der Waals surface area contributed by atoms with Crippen molar-refractivity contribution in [3.8, 4) is 0 Å². The zero-order chi connectivity index (χ0) is 17.7. The summed E-state index contributed by atoms with van der Waals surface area (Å²) >= 11 is 5.86. The molecule has 0 aromatic carbocycles. The van der Waals surface area contributed by atoms with Crippen LogP contribution in [0.4, 0.5) is 0 Å². The second-order valence-corrected chi connectivity index (χ2v) is 5.98. The first kappa shape index (κ1) is 16.4. The van der Waals surface area contributed by atoms with E-state index in [2.05, 4.69) is 15.0 Å². The topological polar surface area (TPSA) is 135 Å². The predicted octanol–water partition coefficient (Wildman–Crippen LogP) is -1.21. The first-order chi connectivity index (χ1) is 12.0. The SMILES string of the molecule is O=c1cc(CCl)n2cnc3c(ncn3[C@H]3O[C@@H](CO)[C@@H](O)[C@@H]3O)c2n1. The van der Waals surface area contributed by atoms with Crippen molar-refractivity contribution in [2.75, 3.05) is 6.61 Å². The molecule has 0 radical (unpaired) electrons. The van der Waals surface area contributed by atoms with E-state index in [4.69, 9.17) is 16.3 Å². The van der Waals surface area contributed by atoms with Gasteiger partial charge in [-0.2, -0.15) is 4.98 Å². The number of nitrogens with zero attached hydrogens (tertiary/aromatic N) is 5. The number of hydrogen-bond donors (Lipinski definition) is 3. The molecule has 1 aliphatic rings. The standard InChI is InChI=1S/C14H14ClN5O5/c15-2-6-1-8(22)18-13-9-12(17-5-19(6)13)20(4-16-9)14-11(24)10(23)7(3-21)25-14/h1,4-5,7,10-11,14,21,23-24H,2-3H2/t7-,10+,11-,14-/m0/s1. The van der Waals surface area contributed by atoms with E-state index in [1.165, 1.54) is 23.3 Å². The van der Waals surface area contributed by atoms with Crippen LogP contribution in [0.2, 0.25) is 0 Å². The summed E-state index contributed by atoms with van der Waals surface area (Å²) in [4.78, 5) is 24.2. The Morgan fingerprint density at radius 2 is 2.00 bits per heavy atom. The first-order valence-corrected chi connectivity index (χ1v) is 8.01. The highest BCUT2D eigenvalue weighted by atomic mass is 35.5. The van der Waals surface area contributed by atoms with Crippen molar-refractivity contribution in [2.24, 2.45) is 0 Å². The van der Waals surface area contributed by atoms with E-state index in [-0.39, 0.29) is 11.5 Å². The van der Waals surface area contributed by atoms with Gasteiger partial charge < -0.3 is 20.1 Å². The molecule has 0 amide bonds. The lowest BCUT2D eigenvalue weighted by Gasteiger charge is -2.16. The van der Waals surface area contributed by atoms with Gasteiger partial charge in [0.15, 0.2) is 23.0 Å². The summed E-state index contributed by atoms with van der Waals surface area (Å²) in [5, 5.41) is 29.3. The smallest absolute Gasteiger partial charge is 0.273 e. The highest BCUT2D eigenvalue weighted by Crippen LogP contribution is 2.31. The summed E-state index contributed by atoms with van der Waals surface area (Å²) in [6.45, 7) is -0.437. The number of imidazole rings is 1. The molecule has 1 aliphatic heterocycles. The molecule has 132 valence electrons. The van der Waals surface area contributed by atoms with Crippen molar-refractivity contribution in [1.29, 1.82) is 0 Å². The molecule has 3 aromatic rings. The van der Waals surface area contributed by atoms with Crippen LogP contribution in [0.3, 0.4) is 0 Å². The molecule has 4 heterocycles. The molecule has 1 saturated heterocycles. The number of ether oxygens (including phenoxy) is 1. The summed E-state index contributed by atoms with van der Waals surface area (Å²) in [5.74, 6) is 0.0989. The Balaban J connectivity index is 1.90. The van der Waals surface area contributed by atoms with Crippen LogP contribution in [0.15, 0.2) is 23.5 Å². The maximum absolute atomic E-state index is 11.8. The van der Waals surface area contributed by atoms with E-state index in [9.17, 15) is 20.1 Å². The third-order valence-electron chi connectivity index (χ3n) is 4.25. The number of hydrogen-bond acceptors (Lipinski definition) is 8. The van der Waals surface area contributed by atoms with Gasteiger partial charge in [-0.15, -0.1) is 11.6 Å². The van der Waals surface area contributed by atoms with Crippen molar-refractivity contribution in [3.05, 3.63) is 34.8 Å². The maximum atomic E-state index is 11.8. The minimum Gasteiger partial charge on any atom is -0.394 e. The number of fused-ring (bicyclic) bond motifs is 3. The summed E-state index contributed by atoms with van der Waals surface area (Å²) in [5.41, 5.74) is 0.982. The van der Waals surface area contributed by atoms with Gasteiger partial charge in [0.1, 0.15) is 24.6 Å². The van der Waals surface area contributed by atoms with E-state index in [0.717, 1.165) is 0 Å². The highest BCUT2D eigenvalue weighted by molar-refractivity contribution is 6.16. The summed E-state index contributed by atoms with van der Waals surface area (Å²) in [7, 11) is 0. The lowest BCUT2D eigenvalue weighted by molar-refractivity contribution is -0.0511. The van der Waals surface area contributed by atoms with Crippen LogP contribution in [0.25, 0.3) is 16.8 Å². The van der Waals surface area contributed by atoms with Crippen LogP contribution < -0.4 is 5.56 Å². The van der Waals surface area contributed by atoms with Gasteiger partial charge in [-0.25, -0.2) is 9.97 Å². The van der Waals surface area contributed by atoms with Crippen molar-refractivity contribution in [1.82, 2.24) is 23.9 Å². The van der Waals surface area contributed by atoms with Crippen molar-refractivity contribution >= 4 is 28.4 Å². The normalized spacial score (nSPS) is 26.7. The van der Waals surface area contributed by atoms with Crippen LogP contribution in [-0.2, 0) is 10.6 Å². The number of alkyl halides is 1. The Labute approximate surface area is 144 Å². The summed E-state index contributed by atoms with van der Waals surface area (Å²) in [6, 6.07) is 1.32. The molecule has 11 heteroatoms. The molecule has 0 aliphatic carbocycles. The molecule has 0 spiro atoms. The molecule has 0 bridgehead atoms. The minimum atomic E-state index is -1.27. The van der Waals surface area contributed by atoms with Crippen LogP contribution in [0, 0.1) is 0 Å². The summed E-state index contributed by atoms with van der Waals surface area (Å²) < 4.78 is 8.48. The van der Waals surface area contributed by atoms with Gasteiger partial charge >= 0.3 is 0 Å². The Morgan fingerprint density at radius 1 is 1.20 bits per heavy atom. The molecule has 0 unspecified atom stereocenters. The largest absolute Gasteiger partial charge is 0.394 e. The Morgan fingerprint density at radius 3 is 2.68 bits per heavy atom. The average molecular weight is 368 g/mol. The third-order valence-corrected chi connectivity index (χ3v) is 4.52. The molecule has 1 fully saturated rings. The Hall–Kier alpha value is -2.11. The molecular weight excluding hydrogens is 354 g/mol. The van der Waals surface area contributed by atoms with Crippen molar-refractivity contribution in [3.63, 3.8) is 0 Å². The summed E-state index contributed by atoms with van der Waals surface area (Å²) in [6.07, 6.45) is -1.58. The fourth-order valence-corrected chi connectivity index (χ4v) is 3.19. The number of aliphatic hydroxyl groups excluding tert-OH is 3. The zero-order valence-corrected chi connectivity index (χ0v) is 13.5. The predicted molar refractivity (Wildman–Crippen MR) is 85.1 cm³/mol. The van der Waals surface area contributed by atoms with E-state index in [0.29, 0.717) is 16.9 Å². The monoisotopic (exact) mass is 367 g/mol. The number of rotatable bonds is 3. The lowest BCUT2D eigenvalue weighted by Crippen LogP contribution is -2.33. The quantitative estimate of drug-likeness (QED) is 0.491. The number of aromatic nitrogens is 5. The molecule has 4 atom stereocenters. The van der Waals surface area contributed by atoms with Crippen LogP contribution in [0.5, 0.6) is 0 Å². The Kier molecular flexibility index (Phi) is 3.93. The van der Waals surface area contributed by atoms with Gasteiger partial charge in [-0.05, 0) is 0 Å². The molecule has 3 aromatic heterocycles. The van der Waals surface area contributed by atoms with Crippen LogP contribution in [0.1, 0.15) is 11.9 Å². The second kappa shape index (κ2) is 6.00. The van der Waals surface area contributed by atoms with Crippen molar-refractivity contribution in [2.45, 2.75) is 30.4 Å². The molecule has 10 nitrogen and oxygen atoms in total. The third kappa shape index (κ3) is 2.41. The number of aliphatic hydroxyl groups is 3.